The highest BCUT2D eigenvalue weighted by Gasteiger charge is 2.30. The molecule has 0 aliphatic carbocycles. The van der Waals surface area contributed by atoms with Crippen LogP contribution in [0.4, 0.5) is 14.8 Å². The maximum Gasteiger partial charge on any atom is 0.324 e. The number of nitrogens with zero attached hydrogens (tertiary/aromatic N) is 3. The van der Waals surface area contributed by atoms with Gasteiger partial charge in [-0.15, -0.1) is 0 Å². The van der Waals surface area contributed by atoms with Crippen molar-refractivity contribution >= 4 is 15.9 Å². The van der Waals surface area contributed by atoms with E-state index in [4.69, 9.17) is 14.0 Å². The molecule has 2 aliphatic heterocycles. The molecule has 4 rings (SSSR count). The van der Waals surface area contributed by atoms with E-state index in [9.17, 15) is 17.2 Å². The van der Waals surface area contributed by atoms with Gasteiger partial charge in [-0.2, -0.15) is 4.98 Å². The van der Waals surface area contributed by atoms with Crippen LogP contribution >= 0.6 is 0 Å². The minimum atomic E-state index is -4.01. The van der Waals surface area contributed by atoms with Crippen LogP contribution in [0.25, 0.3) is 0 Å². The fraction of sp³-hybridized carbons (Fsp3) is 0.636. The summed E-state index contributed by atoms with van der Waals surface area (Å²) in [5, 5.41) is 4.03. The molecule has 182 valence electrons. The molecule has 0 N–H and O–H groups in total. The molecule has 0 radical (unpaired) electrons. The molecule has 0 bridgehead atoms. The number of halogens is 2. The van der Waals surface area contributed by atoms with E-state index in [-0.39, 0.29) is 17.4 Å². The molecule has 33 heavy (non-hydrogen) atoms. The van der Waals surface area contributed by atoms with E-state index in [1.54, 1.807) is 0 Å². The normalized spacial score (nSPS) is 22.8. The Hall–Kier alpha value is -2.11. The van der Waals surface area contributed by atoms with E-state index in [0.29, 0.717) is 31.0 Å². The van der Waals surface area contributed by atoms with Crippen LogP contribution in [0.5, 0.6) is 0 Å². The summed E-state index contributed by atoms with van der Waals surface area (Å²) < 4.78 is 68.3. The molecule has 8 nitrogen and oxygen atoms in total. The van der Waals surface area contributed by atoms with Crippen molar-refractivity contribution in [1.29, 1.82) is 0 Å². The first-order valence-corrected chi connectivity index (χ1v) is 13.0. The van der Waals surface area contributed by atoms with Gasteiger partial charge in [0.15, 0.2) is 22.0 Å². The second-order valence-corrected chi connectivity index (χ2v) is 11.2. The second kappa shape index (κ2) is 9.63. The highest BCUT2D eigenvalue weighted by Crippen LogP contribution is 2.33. The molecule has 2 saturated heterocycles. The number of hydrogen-bond donors (Lipinski definition) is 0. The van der Waals surface area contributed by atoms with E-state index >= 15 is 0 Å². The first-order valence-electron chi connectivity index (χ1n) is 11.1. The van der Waals surface area contributed by atoms with E-state index in [0.717, 1.165) is 50.7 Å². The van der Waals surface area contributed by atoms with Gasteiger partial charge in [-0.25, -0.2) is 17.2 Å². The van der Waals surface area contributed by atoms with Gasteiger partial charge in [-0.1, -0.05) is 19.0 Å². The summed E-state index contributed by atoms with van der Waals surface area (Å²) >= 11 is 0. The minimum Gasteiger partial charge on any atom is -0.348 e. The van der Waals surface area contributed by atoms with Crippen LogP contribution in [0.3, 0.4) is 0 Å². The van der Waals surface area contributed by atoms with Crippen molar-refractivity contribution in [3.8, 4) is 0 Å². The van der Waals surface area contributed by atoms with Crippen molar-refractivity contribution in [3.05, 3.63) is 35.2 Å². The topological polar surface area (TPSA) is 94.8 Å². The van der Waals surface area contributed by atoms with Gasteiger partial charge in [0, 0.05) is 36.7 Å². The number of sulfone groups is 1. The van der Waals surface area contributed by atoms with Crippen LogP contribution in [-0.2, 0) is 19.3 Å². The fourth-order valence-electron chi connectivity index (χ4n) is 4.36. The average molecular weight is 486 g/mol. The van der Waals surface area contributed by atoms with Crippen LogP contribution in [0, 0.1) is 23.5 Å². The van der Waals surface area contributed by atoms with Crippen molar-refractivity contribution in [2.75, 3.05) is 37.5 Å². The van der Waals surface area contributed by atoms with E-state index < -0.39 is 32.7 Å². The zero-order valence-electron chi connectivity index (χ0n) is 19.0. The van der Waals surface area contributed by atoms with Gasteiger partial charge < -0.3 is 18.9 Å². The van der Waals surface area contributed by atoms with Gasteiger partial charge in [0.05, 0.1) is 13.2 Å². The van der Waals surface area contributed by atoms with E-state index in [2.05, 4.69) is 15.0 Å². The van der Waals surface area contributed by atoms with Crippen LogP contribution in [0.2, 0.25) is 0 Å². The number of anilines is 1. The third kappa shape index (κ3) is 5.52. The van der Waals surface area contributed by atoms with E-state index in [1.165, 1.54) is 0 Å². The predicted molar refractivity (Wildman–Crippen MR) is 116 cm³/mol. The lowest BCUT2D eigenvalue weighted by atomic mass is 9.87. The van der Waals surface area contributed by atoms with Gasteiger partial charge in [0.25, 0.3) is 0 Å². The maximum atomic E-state index is 14.2. The molecule has 0 amide bonds. The number of rotatable bonds is 6. The minimum absolute atomic E-state index is 0.129. The first-order chi connectivity index (χ1) is 15.6. The Bertz CT molecular complexity index is 1050. The van der Waals surface area contributed by atoms with Crippen LogP contribution < -0.4 is 4.90 Å². The highest BCUT2D eigenvalue weighted by molar-refractivity contribution is 7.90. The lowest BCUT2D eigenvalue weighted by Gasteiger charge is -2.35. The lowest BCUT2D eigenvalue weighted by Crippen LogP contribution is -2.36. The lowest BCUT2D eigenvalue weighted by molar-refractivity contribution is -0.207. The van der Waals surface area contributed by atoms with Crippen molar-refractivity contribution < 1.29 is 31.2 Å². The van der Waals surface area contributed by atoms with Crippen molar-refractivity contribution in [3.63, 3.8) is 0 Å². The zero-order valence-corrected chi connectivity index (χ0v) is 19.8. The Morgan fingerprint density at radius 3 is 2.21 bits per heavy atom. The number of aromatic nitrogens is 2. The Morgan fingerprint density at radius 2 is 1.70 bits per heavy atom. The quantitative estimate of drug-likeness (QED) is 0.609. The molecule has 2 fully saturated rings. The zero-order chi connectivity index (χ0) is 23.8. The summed E-state index contributed by atoms with van der Waals surface area (Å²) in [6, 6.07) is 2.50. The largest absolute Gasteiger partial charge is 0.348 e. The molecule has 11 heteroatoms. The van der Waals surface area contributed by atoms with Crippen LogP contribution in [0.1, 0.15) is 56.7 Å². The third-order valence-corrected chi connectivity index (χ3v) is 7.26. The molecule has 2 aliphatic rings. The summed E-state index contributed by atoms with van der Waals surface area (Å²) in [7, 11) is -4.01. The average Bonchev–Trinajstić information content (AvgIpc) is 3.24. The fourth-order valence-corrected chi connectivity index (χ4v) is 5.19. The van der Waals surface area contributed by atoms with Crippen LogP contribution in [-0.4, -0.2) is 51.1 Å². The summed E-state index contributed by atoms with van der Waals surface area (Å²) in [6.45, 7) is 6.54. The van der Waals surface area contributed by atoms with Gasteiger partial charge in [0.1, 0.15) is 16.5 Å². The number of benzene rings is 1. The smallest absolute Gasteiger partial charge is 0.324 e. The van der Waals surface area contributed by atoms with E-state index in [1.807, 2.05) is 13.8 Å². The summed E-state index contributed by atoms with van der Waals surface area (Å²) in [5.74, 6) is -0.666. The Kier molecular flexibility index (Phi) is 7.01. The Balaban J connectivity index is 1.27. The molecule has 2 aromatic rings. The van der Waals surface area contributed by atoms with Gasteiger partial charge in [0.2, 0.25) is 0 Å². The standard InChI is InChI=1S/C22H29F2N3O5S/c1-13(2)20-25-22(32-26-20)27-6-4-14(5-7-27)8-15-11-30-21(31-12-15)16-9-17(23)19(18(24)10-16)33(3,28)29/h9-10,13-15,21H,4-8,11-12H2,1-3H3/t15-,21+. The van der Waals surface area contributed by atoms with Crippen LogP contribution in [0.15, 0.2) is 21.6 Å². The van der Waals surface area contributed by atoms with Crippen molar-refractivity contribution in [2.24, 2.45) is 11.8 Å². The molecular formula is C22H29F2N3O5S. The molecule has 0 atom stereocenters. The summed E-state index contributed by atoms with van der Waals surface area (Å²) in [4.78, 5) is 5.64. The SMILES string of the molecule is CC(C)c1noc(N2CCC(C[C@H]3CO[C@@H](c4cc(F)c(S(C)(=O)=O)c(F)c4)OC3)CC2)n1. The maximum absolute atomic E-state index is 14.2. The van der Waals surface area contributed by atoms with Gasteiger partial charge >= 0.3 is 6.01 Å². The molecule has 1 aromatic heterocycles. The van der Waals surface area contributed by atoms with Crippen molar-refractivity contribution in [2.45, 2.75) is 50.2 Å². The number of ether oxygens (including phenoxy) is 2. The molecule has 0 saturated carbocycles. The van der Waals surface area contributed by atoms with Gasteiger partial charge in [-0.3, -0.25) is 0 Å². The van der Waals surface area contributed by atoms with Crippen molar-refractivity contribution in [1.82, 2.24) is 10.1 Å². The Labute approximate surface area is 192 Å². The predicted octanol–water partition coefficient (Wildman–Crippen LogP) is 3.84. The summed E-state index contributed by atoms with van der Waals surface area (Å²) in [5.41, 5.74) is 0.129. The second-order valence-electron chi connectivity index (χ2n) is 9.21. The molecular weight excluding hydrogens is 456 g/mol. The number of piperidine rings is 1. The Morgan fingerprint density at radius 1 is 1.09 bits per heavy atom. The first kappa shape index (κ1) is 24.0. The highest BCUT2D eigenvalue weighted by atomic mass is 32.2. The molecule has 0 spiro atoms. The molecule has 3 heterocycles. The third-order valence-electron chi connectivity index (χ3n) is 6.13. The van der Waals surface area contributed by atoms with Gasteiger partial charge in [-0.05, 0) is 37.3 Å². The number of hydrogen-bond acceptors (Lipinski definition) is 8. The molecule has 0 unspecified atom stereocenters. The monoisotopic (exact) mass is 485 g/mol. The summed E-state index contributed by atoms with van der Waals surface area (Å²) in [6.07, 6.45) is 2.75. The molecule has 1 aromatic carbocycles.